The number of hydrogen-bond acceptors (Lipinski definition) is 0. The zero-order valence-electron chi connectivity index (χ0n) is 0. The molecule has 0 aliphatic rings. The van der Waals surface area contributed by atoms with Crippen LogP contribution in [0.1, 0.15) is 0 Å². The van der Waals surface area contributed by atoms with Crippen molar-refractivity contribution >= 4 is 348 Å². The molecule has 0 amide bonds. The van der Waals surface area contributed by atoms with Crippen molar-refractivity contribution < 1.29 is 0 Å². The van der Waals surface area contributed by atoms with E-state index in [1.165, 1.54) is 0 Å². The molecule has 10 heavy (non-hydrogen) atoms. The molecule has 0 aromatic rings. The molecule has 0 bridgehead atoms. The predicted molar refractivity (Wildman–Crippen MR) is 85.4 cm³/mol. The third-order valence-electron chi connectivity index (χ3n) is 0. The molecule has 0 atom stereocenters. The van der Waals surface area contributed by atoms with Crippen LogP contribution in [0.4, 0.5) is 0 Å². The molecule has 0 aromatic heterocycles. The van der Waals surface area contributed by atoms with Crippen molar-refractivity contribution in [1.82, 2.24) is 0 Å². The van der Waals surface area contributed by atoms with Gasteiger partial charge in [-0.1, -0.05) is 0 Å². The van der Waals surface area contributed by atoms with E-state index in [-0.39, 0.29) is 348 Å². The van der Waals surface area contributed by atoms with E-state index >= 15 is 0 Å². The Morgan fingerprint density at radius 3 is 0.200 bits per heavy atom. The average Bonchev–Trinajstić information content (AvgIpc) is 0. The molecule has 0 saturated heterocycles. The van der Waals surface area contributed by atoms with Gasteiger partial charge < -0.3 is 0 Å². The molecule has 0 N–H and O–H groups in total. The van der Waals surface area contributed by atoms with Crippen LogP contribution >= 0.6 is 0 Å². The van der Waals surface area contributed by atoms with Gasteiger partial charge in [0.1, 0.15) is 0 Å². The summed E-state index contributed by atoms with van der Waals surface area (Å²) in [5.41, 5.74) is 0. The van der Waals surface area contributed by atoms with E-state index in [0.29, 0.717) is 0 Å². The second-order valence-electron chi connectivity index (χ2n) is 0. The Balaban J connectivity index is 0. The summed E-state index contributed by atoms with van der Waals surface area (Å²) < 4.78 is 0. The van der Waals surface area contributed by atoms with E-state index in [9.17, 15) is 0 Å². The minimum Gasteiger partial charge on any atom is 0.316 e. The molecule has 0 radical (unpaired) electrons. The maximum absolute atomic E-state index is 0. The largest absolute Gasteiger partial charge is 0.316 e. The summed E-state index contributed by atoms with van der Waals surface area (Å²) in [7, 11) is 0. The molecule has 0 unspecified atom stereocenters. The first-order valence-corrected chi connectivity index (χ1v) is 0. The van der Waals surface area contributed by atoms with Crippen molar-refractivity contribution in [1.29, 1.82) is 0 Å². The van der Waals surface area contributed by atoms with Crippen molar-refractivity contribution in [3.8, 4) is 0 Å². The van der Waals surface area contributed by atoms with E-state index in [0.717, 1.165) is 0 Å². The molecule has 0 rings (SSSR count). The first kappa shape index (κ1) is 68.1. The summed E-state index contributed by atoms with van der Waals surface area (Å²) in [4.78, 5) is 0. The Bertz CT molecular complexity index is 7.22. The van der Waals surface area contributed by atoms with E-state index in [2.05, 4.69) is 0 Å². The Morgan fingerprint density at radius 1 is 0.200 bits per heavy atom. The minimum absolute atomic E-state index is 0. The normalized spacial score (nSPS) is 0. The maximum atomic E-state index is 0. The van der Waals surface area contributed by atoms with Crippen LogP contribution in [0.3, 0.4) is 0 Å². The van der Waals surface area contributed by atoms with Crippen LogP contribution in [-0.4, -0.2) is 348 Å². The van der Waals surface area contributed by atoms with E-state index in [1.54, 1.807) is 0 Å². The van der Waals surface area contributed by atoms with Gasteiger partial charge in [0, 0.05) is 0 Å². The SMILES string of the molecule is [CaH2].[CaH2].[CaH2].[CaH2].[CaH2].[CaH2].[CaH2].[CaH2].[MgH2].[MgH2]. The second kappa shape index (κ2) is 58.8. The number of rotatable bonds is 0. The third-order valence-corrected chi connectivity index (χ3v) is 0. The van der Waals surface area contributed by atoms with Gasteiger partial charge in [0.25, 0.3) is 0 Å². The summed E-state index contributed by atoms with van der Waals surface area (Å²) in [6.07, 6.45) is 0. The van der Waals surface area contributed by atoms with Crippen LogP contribution in [0, 0.1) is 0 Å². The Hall–Kier alpha value is 11.6. The van der Waals surface area contributed by atoms with Crippen molar-refractivity contribution in [2.45, 2.75) is 0 Å². The summed E-state index contributed by atoms with van der Waals surface area (Å²) in [6.45, 7) is 0. The molecule has 0 aromatic carbocycles. The summed E-state index contributed by atoms with van der Waals surface area (Å²) in [5, 5.41) is 0. The molecule has 0 saturated carbocycles. The van der Waals surface area contributed by atoms with Gasteiger partial charge in [-0.3, -0.25) is 0 Å². The van der Waals surface area contributed by atoms with Crippen LogP contribution < -0.4 is 0 Å². The van der Waals surface area contributed by atoms with Crippen molar-refractivity contribution in [3.63, 3.8) is 0 Å². The van der Waals surface area contributed by atoms with Gasteiger partial charge in [-0.25, -0.2) is 0 Å². The molecule has 0 nitrogen and oxygen atoms in total. The maximum Gasteiger partial charge on any atom is 0.316 e. The predicted octanol–water partition coefficient (Wildman–Crippen LogP) is -9.16. The van der Waals surface area contributed by atoms with E-state index in [4.69, 9.17) is 0 Å². The first-order valence-electron chi connectivity index (χ1n) is 0. The van der Waals surface area contributed by atoms with Gasteiger partial charge in [-0.2, -0.15) is 0 Å². The third kappa shape index (κ3) is 50.4. The minimum atomic E-state index is 0. The smallest absolute Gasteiger partial charge is 0.316 e. The monoisotopic (exact) mass is 388 g/mol. The van der Waals surface area contributed by atoms with Crippen LogP contribution in [0.15, 0.2) is 0 Å². The molecule has 40 valence electrons. The Labute approximate surface area is 335 Å². The fourth-order valence-corrected chi connectivity index (χ4v) is 0. The molecule has 0 heterocycles. The van der Waals surface area contributed by atoms with Crippen molar-refractivity contribution in [2.24, 2.45) is 0 Å². The van der Waals surface area contributed by atoms with Gasteiger partial charge >= 0.3 is 348 Å². The van der Waals surface area contributed by atoms with Crippen LogP contribution in [0.2, 0.25) is 0 Å². The molecule has 0 aliphatic carbocycles. The standard InChI is InChI=1S/8Ca.2Mg.20H. The second-order valence-corrected chi connectivity index (χ2v) is 0. The summed E-state index contributed by atoms with van der Waals surface area (Å²) in [6, 6.07) is 0. The Kier molecular flexibility index (Phi) is 400. The quantitative estimate of drug-likeness (QED) is 0.361. The first-order chi connectivity index (χ1) is 0. The van der Waals surface area contributed by atoms with Crippen LogP contribution in [-0.2, 0) is 0 Å². The van der Waals surface area contributed by atoms with Crippen molar-refractivity contribution in [3.05, 3.63) is 0 Å². The zero-order chi connectivity index (χ0) is 0. The van der Waals surface area contributed by atoms with Crippen LogP contribution in [0.25, 0.3) is 0 Å². The van der Waals surface area contributed by atoms with Gasteiger partial charge in [0.05, 0.1) is 0 Å². The number of hydrogen-bond donors (Lipinski definition) is 0. The summed E-state index contributed by atoms with van der Waals surface area (Å²) >= 11 is 0. The summed E-state index contributed by atoms with van der Waals surface area (Å²) in [5.74, 6) is 0. The fraction of sp³-hybridized carbons (Fsp3) is 0. The van der Waals surface area contributed by atoms with Gasteiger partial charge in [-0.05, 0) is 0 Å². The molecule has 10 heteroatoms. The van der Waals surface area contributed by atoms with Gasteiger partial charge in [-0.15, -0.1) is 0 Å². The average molecular weight is 389 g/mol. The van der Waals surface area contributed by atoms with Gasteiger partial charge in [0.15, 0.2) is 0 Å². The van der Waals surface area contributed by atoms with E-state index < -0.39 is 0 Å². The topological polar surface area (TPSA) is 0 Å². The van der Waals surface area contributed by atoms with E-state index in [1.807, 2.05) is 0 Å². The molecule has 0 fully saturated rings. The van der Waals surface area contributed by atoms with Crippen molar-refractivity contribution in [2.75, 3.05) is 0 Å². The Morgan fingerprint density at radius 2 is 0.200 bits per heavy atom. The zero-order valence-corrected chi connectivity index (χ0v) is 0. The molecular formula is H20Ca8Mg2. The van der Waals surface area contributed by atoms with Crippen LogP contribution in [0.5, 0.6) is 0 Å². The van der Waals surface area contributed by atoms with Gasteiger partial charge in [0.2, 0.25) is 0 Å². The molecular weight excluding hydrogens is 369 g/mol. The fourth-order valence-electron chi connectivity index (χ4n) is 0. The molecule has 0 aliphatic heterocycles. The molecule has 0 spiro atoms.